The van der Waals surface area contributed by atoms with Crippen molar-refractivity contribution >= 4 is 37.3 Å². The average molecular weight is 558 g/mol. The minimum atomic E-state index is -3.77. The van der Waals surface area contributed by atoms with Gasteiger partial charge in [-0.05, 0) is 79.8 Å². The molecule has 1 amide bonds. The molecule has 3 aromatic carbocycles. The Morgan fingerprint density at radius 3 is 2.37 bits per heavy atom. The fourth-order valence-electron chi connectivity index (χ4n) is 4.26. The van der Waals surface area contributed by atoms with E-state index < -0.39 is 26.0 Å². The molecule has 202 valence electrons. The van der Waals surface area contributed by atoms with Crippen LogP contribution in [0.25, 0.3) is 0 Å². The van der Waals surface area contributed by atoms with Crippen molar-refractivity contribution in [2.24, 2.45) is 0 Å². The van der Waals surface area contributed by atoms with Crippen LogP contribution < -0.4 is 14.4 Å². The number of para-hydroxylation sites is 1. The molecule has 4 rings (SSSR count). The van der Waals surface area contributed by atoms with Gasteiger partial charge in [0, 0.05) is 26.3 Å². The molecule has 3 aromatic rings. The molecule has 11 heteroatoms. The molecule has 1 heterocycles. The summed E-state index contributed by atoms with van der Waals surface area (Å²) in [4.78, 5) is 12.8. The summed E-state index contributed by atoms with van der Waals surface area (Å²) in [5.41, 5.74) is 3.33. The molecular formula is C27H31N3O6S2. The fourth-order valence-corrected chi connectivity index (χ4v) is 6.81. The lowest BCUT2D eigenvalue weighted by Crippen LogP contribution is -2.35. The zero-order valence-corrected chi connectivity index (χ0v) is 23.4. The van der Waals surface area contributed by atoms with Crippen LogP contribution in [0.1, 0.15) is 23.1 Å². The van der Waals surface area contributed by atoms with Crippen LogP contribution in [0.4, 0.5) is 11.4 Å². The van der Waals surface area contributed by atoms with Crippen molar-refractivity contribution in [2.75, 3.05) is 36.9 Å². The lowest BCUT2D eigenvalue weighted by molar-refractivity contribution is -0.118. The lowest BCUT2D eigenvalue weighted by atomic mass is 10.0. The maximum Gasteiger partial charge on any atom is 0.264 e. The van der Waals surface area contributed by atoms with Crippen LogP contribution in [-0.2, 0) is 31.3 Å². The van der Waals surface area contributed by atoms with E-state index in [2.05, 4.69) is 5.32 Å². The Bertz CT molecular complexity index is 1580. The summed E-state index contributed by atoms with van der Waals surface area (Å²) in [5, 5.41) is 2.69. The van der Waals surface area contributed by atoms with E-state index in [1.807, 2.05) is 24.3 Å². The second kappa shape index (κ2) is 10.8. The molecule has 0 radical (unpaired) electrons. The molecule has 0 saturated carbocycles. The predicted octanol–water partition coefficient (Wildman–Crippen LogP) is 3.71. The van der Waals surface area contributed by atoms with Crippen LogP contribution >= 0.6 is 0 Å². The maximum absolute atomic E-state index is 13.4. The van der Waals surface area contributed by atoms with Gasteiger partial charge in [0.15, 0.2) is 6.61 Å². The summed E-state index contributed by atoms with van der Waals surface area (Å²) in [5.74, 6) is -0.104. The minimum absolute atomic E-state index is 0.0632. The second-order valence-corrected chi connectivity index (χ2v) is 13.4. The van der Waals surface area contributed by atoms with Crippen molar-refractivity contribution in [3.8, 4) is 5.75 Å². The normalized spacial score (nSPS) is 13.8. The van der Waals surface area contributed by atoms with Gasteiger partial charge in [0.05, 0.1) is 15.5 Å². The van der Waals surface area contributed by atoms with Gasteiger partial charge in [-0.25, -0.2) is 21.1 Å². The number of rotatable bonds is 8. The largest absolute Gasteiger partial charge is 0.483 e. The van der Waals surface area contributed by atoms with Crippen LogP contribution in [-0.4, -0.2) is 54.3 Å². The summed E-state index contributed by atoms with van der Waals surface area (Å²) in [6.07, 6.45) is 1.58. The van der Waals surface area contributed by atoms with Crippen molar-refractivity contribution in [2.45, 2.75) is 36.5 Å². The first-order valence-corrected chi connectivity index (χ1v) is 15.0. The van der Waals surface area contributed by atoms with E-state index in [4.69, 9.17) is 4.74 Å². The number of amides is 1. The van der Waals surface area contributed by atoms with E-state index in [1.165, 1.54) is 36.6 Å². The van der Waals surface area contributed by atoms with Crippen LogP contribution in [0.5, 0.6) is 5.75 Å². The summed E-state index contributed by atoms with van der Waals surface area (Å²) in [7, 11) is -4.55. The third-order valence-corrected chi connectivity index (χ3v) is 10.0. The van der Waals surface area contributed by atoms with Crippen LogP contribution in [0.15, 0.2) is 70.5 Å². The van der Waals surface area contributed by atoms with Crippen LogP contribution in [0.3, 0.4) is 0 Å². The summed E-state index contributed by atoms with van der Waals surface area (Å²) in [6, 6.07) is 16.6. The maximum atomic E-state index is 13.4. The number of carbonyl (C=O) groups is 1. The SMILES string of the molecule is Cc1ccc(S(=O)(=O)N(C)C)cc1NC(=O)COc1ccc(S(=O)(=O)N2CCCc3ccccc32)cc1C. The van der Waals surface area contributed by atoms with Crippen molar-refractivity contribution in [3.05, 3.63) is 77.4 Å². The van der Waals surface area contributed by atoms with Gasteiger partial charge in [0.1, 0.15) is 5.75 Å². The van der Waals surface area contributed by atoms with E-state index in [0.29, 0.717) is 34.8 Å². The fraction of sp³-hybridized carbons (Fsp3) is 0.296. The summed E-state index contributed by atoms with van der Waals surface area (Å²) >= 11 is 0. The summed E-state index contributed by atoms with van der Waals surface area (Å²) in [6.45, 7) is 3.55. The highest BCUT2D eigenvalue weighted by atomic mass is 32.2. The molecule has 1 N–H and O–H groups in total. The van der Waals surface area contributed by atoms with Crippen molar-refractivity contribution in [1.82, 2.24) is 4.31 Å². The monoisotopic (exact) mass is 557 g/mol. The topological polar surface area (TPSA) is 113 Å². The predicted molar refractivity (Wildman–Crippen MR) is 147 cm³/mol. The van der Waals surface area contributed by atoms with E-state index in [-0.39, 0.29) is 16.4 Å². The number of sulfonamides is 2. The van der Waals surface area contributed by atoms with Gasteiger partial charge in [0.2, 0.25) is 10.0 Å². The Balaban J connectivity index is 1.46. The third-order valence-electron chi connectivity index (χ3n) is 6.42. The molecule has 0 aromatic heterocycles. The molecule has 1 aliphatic heterocycles. The molecule has 0 aliphatic carbocycles. The number of hydrogen-bond donors (Lipinski definition) is 1. The number of aryl methyl sites for hydroxylation is 3. The first-order chi connectivity index (χ1) is 17.9. The molecule has 0 fully saturated rings. The van der Waals surface area contributed by atoms with E-state index in [1.54, 1.807) is 32.0 Å². The molecule has 0 spiro atoms. The van der Waals surface area contributed by atoms with Crippen LogP contribution in [0.2, 0.25) is 0 Å². The van der Waals surface area contributed by atoms with Gasteiger partial charge in [-0.2, -0.15) is 0 Å². The number of anilines is 2. The van der Waals surface area contributed by atoms with Crippen molar-refractivity contribution in [3.63, 3.8) is 0 Å². The van der Waals surface area contributed by atoms with Crippen LogP contribution in [0, 0.1) is 13.8 Å². The van der Waals surface area contributed by atoms with E-state index in [9.17, 15) is 21.6 Å². The number of hydrogen-bond acceptors (Lipinski definition) is 6. The molecule has 38 heavy (non-hydrogen) atoms. The second-order valence-electron chi connectivity index (χ2n) is 9.34. The standard InChI is InChI=1S/C27H31N3O6S2/c1-19-11-12-23(37(32,33)29(3)4)17-24(19)28-27(31)18-36-26-14-13-22(16-20(26)2)38(34,35)30-15-7-9-21-8-5-6-10-25(21)30/h5-6,8,10-14,16-17H,7,9,15,18H2,1-4H3,(H,28,31). The molecule has 9 nitrogen and oxygen atoms in total. The number of nitrogens with one attached hydrogen (secondary N) is 1. The Kier molecular flexibility index (Phi) is 7.82. The molecule has 0 unspecified atom stereocenters. The molecule has 1 aliphatic rings. The number of carbonyl (C=O) groups excluding carboxylic acids is 1. The molecular weight excluding hydrogens is 526 g/mol. The molecule has 0 bridgehead atoms. The van der Waals surface area contributed by atoms with E-state index >= 15 is 0 Å². The average Bonchev–Trinajstić information content (AvgIpc) is 2.88. The van der Waals surface area contributed by atoms with Gasteiger partial charge in [-0.15, -0.1) is 0 Å². The van der Waals surface area contributed by atoms with Gasteiger partial charge in [0.25, 0.3) is 15.9 Å². The lowest BCUT2D eigenvalue weighted by Gasteiger charge is -2.30. The first kappa shape index (κ1) is 27.6. The molecule has 0 atom stereocenters. The number of benzene rings is 3. The third kappa shape index (κ3) is 5.54. The Morgan fingerprint density at radius 1 is 0.947 bits per heavy atom. The Hall–Kier alpha value is -3.41. The van der Waals surface area contributed by atoms with Gasteiger partial charge >= 0.3 is 0 Å². The van der Waals surface area contributed by atoms with Gasteiger partial charge < -0.3 is 10.1 Å². The van der Waals surface area contributed by atoms with Gasteiger partial charge in [-0.3, -0.25) is 9.10 Å². The van der Waals surface area contributed by atoms with Gasteiger partial charge in [-0.1, -0.05) is 24.3 Å². The smallest absolute Gasteiger partial charge is 0.264 e. The highest BCUT2D eigenvalue weighted by molar-refractivity contribution is 7.92. The van der Waals surface area contributed by atoms with Crippen molar-refractivity contribution in [1.29, 1.82) is 0 Å². The summed E-state index contributed by atoms with van der Waals surface area (Å²) < 4.78 is 59.9. The number of ether oxygens (including phenoxy) is 1. The Labute approximate surface area is 224 Å². The molecule has 0 saturated heterocycles. The quantitative estimate of drug-likeness (QED) is 0.452. The number of nitrogens with zero attached hydrogens (tertiary/aromatic N) is 2. The number of fused-ring (bicyclic) bond motifs is 1. The zero-order valence-electron chi connectivity index (χ0n) is 21.8. The van der Waals surface area contributed by atoms with Crippen molar-refractivity contribution < 1.29 is 26.4 Å². The highest BCUT2D eigenvalue weighted by Crippen LogP contribution is 2.33. The highest BCUT2D eigenvalue weighted by Gasteiger charge is 2.29. The zero-order chi connectivity index (χ0) is 27.7. The van der Waals surface area contributed by atoms with E-state index in [0.717, 1.165) is 22.7 Å². The minimum Gasteiger partial charge on any atom is -0.483 e. The Morgan fingerprint density at radius 2 is 1.66 bits per heavy atom. The first-order valence-electron chi connectivity index (χ1n) is 12.1.